The quantitative estimate of drug-likeness (QED) is 0.736. The number of carboxylic acid groups (broad SMARTS) is 1. The van der Waals surface area contributed by atoms with Gasteiger partial charge in [0.05, 0.1) is 6.54 Å². The lowest BCUT2D eigenvalue weighted by atomic mass is 9.85. The maximum atomic E-state index is 11.1. The molecule has 0 spiro atoms. The highest BCUT2D eigenvalue weighted by Crippen LogP contribution is 2.34. The number of piperidine rings is 1. The monoisotopic (exact) mass is 359 g/mol. The lowest BCUT2D eigenvalue weighted by Crippen LogP contribution is -2.52. The van der Waals surface area contributed by atoms with Crippen LogP contribution in [0.25, 0.3) is 0 Å². The van der Waals surface area contributed by atoms with Gasteiger partial charge in [0, 0.05) is 37.8 Å². The number of nitrogens with one attached hydrogen (secondary N) is 1. The van der Waals surface area contributed by atoms with Gasteiger partial charge in [0.25, 0.3) is 0 Å². The van der Waals surface area contributed by atoms with Crippen LogP contribution in [0.3, 0.4) is 0 Å². The zero-order valence-corrected chi connectivity index (χ0v) is 15.3. The number of nitrogens with zero attached hydrogens (tertiary/aromatic N) is 4. The molecular formula is C19H29N5O2. The van der Waals surface area contributed by atoms with Gasteiger partial charge in [0.1, 0.15) is 18.0 Å². The van der Waals surface area contributed by atoms with Crippen LogP contribution in [0.4, 0.5) is 11.6 Å². The van der Waals surface area contributed by atoms with Crippen molar-refractivity contribution in [3.63, 3.8) is 0 Å². The molecule has 2 heterocycles. The average Bonchev–Trinajstić information content (AvgIpc) is 3.42. The fourth-order valence-electron chi connectivity index (χ4n) is 4.08. The molecule has 0 atom stereocenters. The third-order valence-electron chi connectivity index (χ3n) is 5.84. The molecule has 0 bridgehead atoms. The second-order valence-electron chi connectivity index (χ2n) is 8.04. The van der Waals surface area contributed by atoms with Crippen molar-refractivity contribution in [1.82, 2.24) is 14.9 Å². The third kappa shape index (κ3) is 4.44. The molecule has 1 saturated heterocycles. The summed E-state index contributed by atoms with van der Waals surface area (Å²) in [7, 11) is 0. The molecule has 0 unspecified atom stereocenters. The minimum atomic E-state index is -0.718. The smallest absolute Gasteiger partial charge is 0.317 e. The Hall–Kier alpha value is -1.89. The molecule has 142 valence electrons. The van der Waals surface area contributed by atoms with Crippen LogP contribution < -0.4 is 10.2 Å². The normalized spacial score (nSPS) is 25.8. The van der Waals surface area contributed by atoms with Crippen molar-refractivity contribution in [3.8, 4) is 0 Å². The SMILES string of the molecule is O=C(O)CN(CC1CC1)C1CC(Nc2cc(N3CCCCC3)ncn2)C1. The highest BCUT2D eigenvalue weighted by Gasteiger charge is 2.37. The molecule has 2 N–H and O–H groups in total. The van der Waals surface area contributed by atoms with Gasteiger partial charge in [-0.3, -0.25) is 9.69 Å². The van der Waals surface area contributed by atoms with Gasteiger partial charge >= 0.3 is 5.97 Å². The van der Waals surface area contributed by atoms with Gasteiger partial charge in [-0.15, -0.1) is 0 Å². The lowest BCUT2D eigenvalue weighted by Gasteiger charge is -2.43. The van der Waals surface area contributed by atoms with Crippen molar-refractivity contribution in [1.29, 1.82) is 0 Å². The standard InChI is InChI=1S/C19H29N5O2/c25-19(26)12-24(11-14-4-5-14)16-8-15(9-16)22-17-10-18(21-13-20-17)23-6-2-1-3-7-23/h10,13-16H,1-9,11-12H2,(H,25,26)(H,20,21,22). The number of rotatable bonds is 8. The molecule has 1 aromatic heterocycles. The molecule has 3 aliphatic rings. The Morgan fingerprint density at radius 1 is 1.23 bits per heavy atom. The van der Waals surface area contributed by atoms with Crippen LogP contribution in [0.2, 0.25) is 0 Å². The van der Waals surface area contributed by atoms with E-state index >= 15 is 0 Å². The average molecular weight is 359 g/mol. The Kier molecular flexibility index (Phi) is 5.24. The van der Waals surface area contributed by atoms with Gasteiger partial charge in [-0.05, 0) is 50.9 Å². The lowest BCUT2D eigenvalue weighted by molar-refractivity contribution is -0.139. The topological polar surface area (TPSA) is 81.6 Å². The Balaban J connectivity index is 1.29. The second kappa shape index (κ2) is 7.78. The van der Waals surface area contributed by atoms with Crippen molar-refractivity contribution < 1.29 is 9.90 Å². The van der Waals surface area contributed by atoms with Crippen molar-refractivity contribution in [2.24, 2.45) is 5.92 Å². The van der Waals surface area contributed by atoms with E-state index in [-0.39, 0.29) is 6.54 Å². The zero-order chi connectivity index (χ0) is 17.9. The summed E-state index contributed by atoms with van der Waals surface area (Å²) >= 11 is 0. The van der Waals surface area contributed by atoms with Crippen LogP contribution >= 0.6 is 0 Å². The number of aromatic nitrogens is 2. The first kappa shape index (κ1) is 17.5. The summed E-state index contributed by atoms with van der Waals surface area (Å²) in [4.78, 5) is 24.4. The minimum absolute atomic E-state index is 0.167. The molecule has 0 aromatic carbocycles. The highest BCUT2D eigenvalue weighted by molar-refractivity contribution is 5.69. The van der Waals surface area contributed by atoms with Gasteiger partial charge in [-0.2, -0.15) is 0 Å². The van der Waals surface area contributed by atoms with Crippen LogP contribution in [-0.2, 0) is 4.79 Å². The summed E-state index contributed by atoms with van der Waals surface area (Å²) in [6.07, 6.45) is 9.91. The molecule has 0 radical (unpaired) electrons. The number of carboxylic acids is 1. The highest BCUT2D eigenvalue weighted by atomic mass is 16.4. The summed E-state index contributed by atoms with van der Waals surface area (Å²) in [6.45, 7) is 3.26. The maximum Gasteiger partial charge on any atom is 0.317 e. The number of hydrogen-bond donors (Lipinski definition) is 2. The van der Waals surface area contributed by atoms with E-state index in [1.165, 1.54) is 32.1 Å². The molecule has 2 aliphatic carbocycles. The minimum Gasteiger partial charge on any atom is -0.480 e. The van der Waals surface area contributed by atoms with E-state index in [1.807, 2.05) is 0 Å². The predicted octanol–water partition coefficient (Wildman–Crippen LogP) is 2.21. The van der Waals surface area contributed by atoms with E-state index in [4.69, 9.17) is 5.11 Å². The zero-order valence-electron chi connectivity index (χ0n) is 15.3. The summed E-state index contributed by atoms with van der Waals surface area (Å²) in [5.74, 6) is 1.90. The van der Waals surface area contributed by atoms with Crippen molar-refractivity contribution in [2.45, 2.75) is 57.0 Å². The van der Waals surface area contributed by atoms with E-state index in [2.05, 4.69) is 31.2 Å². The fraction of sp³-hybridized carbons (Fsp3) is 0.737. The number of anilines is 2. The van der Waals surface area contributed by atoms with E-state index in [9.17, 15) is 4.79 Å². The molecule has 0 amide bonds. The van der Waals surface area contributed by atoms with Gasteiger partial charge in [-0.1, -0.05) is 0 Å². The molecular weight excluding hydrogens is 330 g/mol. The van der Waals surface area contributed by atoms with E-state index in [0.29, 0.717) is 12.1 Å². The van der Waals surface area contributed by atoms with E-state index < -0.39 is 5.97 Å². The molecule has 4 rings (SSSR count). The number of aliphatic carboxylic acids is 1. The Morgan fingerprint density at radius 2 is 2.00 bits per heavy atom. The molecule has 2 saturated carbocycles. The van der Waals surface area contributed by atoms with E-state index in [0.717, 1.165) is 50.0 Å². The molecule has 3 fully saturated rings. The Bertz CT molecular complexity index is 624. The van der Waals surface area contributed by atoms with Gasteiger partial charge in [-0.25, -0.2) is 9.97 Å². The maximum absolute atomic E-state index is 11.1. The van der Waals surface area contributed by atoms with Crippen LogP contribution in [0.5, 0.6) is 0 Å². The number of carbonyl (C=O) groups is 1. The van der Waals surface area contributed by atoms with Crippen molar-refractivity contribution in [3.05, 3.63) is 12.4 Å². The second-order valence-corrected chi connectivity index (χ2v) is 8.04. The van der Waals surface area contributed by atoms with Crippen LogP contribution in [0.15, 0.2) is 12.4 Å². The largest absolute Gasteiger partial charge is 0.480 e. The first-order chi connectivity index (χ1) is 12.7. The van der Waals surface area contributed by atoms with Crippen LogP contribution in [-0.4, -0.2) is 64.2 Å². The van der Waals surface area contributed by atoms with Gasteiger partial charge in [0.2, 0.25) is 0 Å². The molecule has 26 heavy (non-hydrogen) atoms. The summed E-state index contributed by atoms with van der Waals surface area (Å²) in [5, 5.41) is 12.7. The van der Waals surface area contributed by atoms with Crippen molar-refractivity contribution in [2.75, 3.05) is 36.4 Å². The van der Waals surface area contributed by atoms with Crippen LogP contribution in [0.1, 0.15) is 44.9 Å². The summed E-state index contributed by atoms with van der Waals surface area (Å²) in [6, 6.07) is 2.81. The third-order valence-corrected chi connectivity index (χ3v) is 5.84. The fourth-order valence-corrected chi connectivity index (χ4v) is 4.08. The van der Waals surface area contributed by atoms with Gasteiger partial charge in [0.15, 0.2) is 0 Å². The molecule has 1 aromatic rings. The summed E-state index contributed by atoms with van der Waals surface area (Å²) < 4.78 is 0. The number of hydrogen-bond acceptors (Lipinski definition) is 6. The van der Waals surface area contributed by atoms with Crippen LogP contribution in [0, 0.1) is 5.92 Å². The Morgan fingerprint density at radius 3 is 2.69 bits per heavy atom. The molecule has 7 nitrogen and oxygen atoms in total. The first-order valence-corrected chi connectivity index (χ1v) is 9.97. The molecule has 1 aliphatic heterocycles. The van der Waals surface area contributed by atoms with Gasteiger partial charge < -0.3 is 15.3 Å². The Labute approximate surface area is 154 Å². The predicted molar refractivity (Wildman–Crippen MR) is 100 cm³/mol. The summed E-state index contributed by atoms with van der Waals surface area (Å²) in [5.41, 5.74) is 0. The first-order valence-electron chi connectivity index (χ1n) is 9.97. The molecule has 7 heteroatoms. The van der Waals surface area contributed by atoms with Crippen molar-refractivity contribution >= 4 is 17.6 Å². The van der Waals surface area contributed by atoms with E-state index in [1.54, 1.807) is 6.33 Å².